The summed E-state index contributed by atoms with van der Waals surface area (Å²) >= 11 is 0. The molecule has 1 aliphatic heterocycles. The molecular weight excluding hydrogens is 304 g/mol. The summed E-state index contributed by atoms with van der Waals surface area (Å²) in [6, 6.07) is 3.97. The van der Waals surface area contributed by atoms with E-state index in [2.05, 4.69) is 27.5 Å². The fraction of sp³-hybridized carbons (Fsp3) is 0.667. The number of nitrogens with one attached hydrogen (secondary N) is 2. The van der Waals surface area contributed by atoms with Crippen LogP contribution in [-0.2, 0) is 11.3 Å². The van der Waals surface area contributed by atoms with Crippen LogP contribution in [0.5, 0.6) is 5.88 Å². The molecule has 1 saturated heterocycles. The number of aromatic nitrogens is 1. The predicted molar refractivity (Wildman–Crippen MR) is 94.2 cm³/mol. The topological polar surface area (TPSA) is 67.8 Å². The Morgan fingerprint density at radius 1 is 1.42 bits per heavy atom. The Labute approximate surface area is 144 Å². The van der Waals surface area contributed by atoms with Crippen molar-refractivity contribution in [1.82, 2.24) is 15.6 Å². The molecule has 1 aromatic heterocycles. The second-order valence-corrected chi connectivity index (χ2v) is 6.94. The van der Waals surface area contributed by atoms with Crippen LogP contribution < -0.4 is 15.4 Å². The number of nitrogens with zero attached hydrogens (tertiary/aromatic N) is 2. The molecule has 6 heteroatoms. The molecule has 1 unspecified atom stereocenters. The highest BCUT2D eigenvalue weighted by atomic mass is 16.5. The van der Waals surface area contributed by atoms with E-state index >= 15 is 0 Å². The smallest absolute Gasteiger partial charge is 0.213 e. The summed E-state index contributed by atoms with van der Waals surface area (Å²) in [6.45, 7) is 5.23. The van der Waals surface area contributed by atoms with E-state index < -0.39 is 0 Å². The Bertz CT molecular complexity index is 549. The molecule has 24 heavy (non-hydrogen) atoms. The van der Waals surface area contributed by atoms with E-state index in [9.17, 15) is 0 Å². The Balaban J connectivity index is 1.41. The highest BCUT2D eigenvalue weighted by Gasteiger charge is 2.29. The molecule has 132 valence electrons. The van der Waals surface area contributed by atoms with Crippen LogP contribution in [0.1, 0.15) is 38.2 Å². The van der Waals surface area contributed by atoms with Crippen LogP contribution in [0.2, 0.25) is 0 Å². The highest BCUT2D eigenvalue weighted by Crippen LogP contribution is 2.29. The average molecular weight is 332 g/mol. The molecule has 2 N–H and O–H groups in total. The molecule has 1 atom stereocenters. The minimum atomic E-state index is -0.0836. The summed E-state index contributed by atoms with van der Waals surface area (Å²) in [5, 5.41) is 6.65. The van der Waals surface area contributed by atoms with Crippen molar-refractivity contribution in [3.8, 4) is 5.88 Å². The lowest BCUT2D eigenvalue weighted by molar-refractivity contribution is 0.0243. The molecular formula is C18H28N4O2. The molecule has 0 amide bonds. The van der Waals surface area contributed by atoms with Gasteiger partial charge in [0.1, 0.15) is 0 Å². The summed E-state index contributed by atoms with van der Waals surface area (Å²) in [5.41, 5.74) is 1.01. The molecule has 1 aromatic rings. The summed E-state index contributed by atoms with van der Waals surface area (Å²) in [6.07, 6.45) is 6.65. The van der Waals surface area contributed by atoms with E-state index in [4.69, 9.17) is 9.47 Å². The normalized spacial score (nSPS) is 24.0. The molecule has 2 heterocycles. The molecule has 2 aliphatic rings. The van der Waals surface area contributed by atoms with Crippen molar-refractivity contribution >= 4 is 5.96 Å². The van der Waals surface area contributed by atoms with Crippen LogP contribution >= 0.6 is 0 Å². The van der Waals surface area contributed by atoms with E-state index in [0.717, 1.165) is 50.0 Å². The highest BCUT2D eigenvalue weighted by molar-refractivity contribution is 5.79. The van der Waals surface area contributed by atoms with Crippen molar-refractivity contribution in [3.63, 3.8) is 0 Å². The minimum Gasteiger partial charge on any atom is -0.477 e. The molecule has 3 rings (SSSR count). The van der Waals surface area contributed by atoms with E-state index in [0.29, 0.717) is 12.4 Å². The van der Waals surface area contributed by atoms with Crippen LogP contribution in [0.3, 0.4) is 0 Å². The Hall–Kier alpha value is -1.82. The van der Waals surface area contributed by atoms with Crippen molar-refractivity contribution in [2.45, 2.75) is 44.8 Å². The molecule has 0 radical (unpaired) electrons. The van der Waals surface area contributed by atoms with Gasteiger partial charge in [-0.2, -0.15) is 0 Å². The van der Waals surface area contributed by atoms with Crippen LogP contribution in [0.4, 0.5) is 0 Å². The number of guanidine groups is 1. The Morgan fingerprint density at radius 2 is 2.29 bits per heavy atom. The molecule has 0 bridgehead atoms. The van der Waals surface area contributed by atoms with E-state index in [1.54, 1.807) is 7.05 Å². The zero-order chi connectivity index (χ0) is 16.8. The van der Waals surface area contributed by atoms with Gasteiger partial charge in [-0.25, -0.2) is 4.98 Å². The van der Waals surface area contributed by atoms with Gasteiger partial charge in [0.15, 0.2) is 5.96 Å². The summed E-state index contributed by atoms with van der Waals surface area (Å²) in [4.78, 5) is 8.62. The molecule has 0 spiro atoms. The van der Waals surface area contributed by atoms with Gasteiger partial charge in [-0.1, -0.05) is 6.07 Å². The van der Waals surface area contributed by atoms with Crippen molar-refractivity contribution < 1.29 is 9.47 Å². The van der Waals surface area contributed by atoms with Crippen LogP contribution in [0.25, 0.3) is 0 Å². The largest absolute Gasteiger partial charge is 0.477 e. The van der Waals surface area contributed by atoms with Crippen molar-refractivity contribution in [2.75, 3.05) is 26.8 Å². The predicted octanol–water partition coefficient (Wildman–Crippen LogP) is 2.10. The van der Waals surface area contributed by atoms with Gasteiger partial charge in [0.05, 0.1) is 12.2 Å². The van der Waals surface area contributed by atoms with E-state index in [1.165, 1.54) is 12.8 Å². The monoisotopic (exact) mass is 332 g/mol. The van der Waals surface area contributed by atoms with Gasteiger partial charge in [-0.15, -0.1) is 0 Å². The van der Waals surface area contributed by atoms with Gasteiger partial charge < -0.3 is 20.1 Å². The zero-order valence-electron chi connectivity index (χ0n) is 14.7. The van der Waals surface area contributed by atoms with Crippen molar-refractivity contribution in [3.05, 3.63) is 23.9 Å². The first-order valence-corrected chi connectivity index (χ1v) is 8.83. The fourth-order valence-corrected chi connectivity index (χ4v) is 2.74. The number of hydrogen-bond donors (Lipinski definition) is 2. The Morgan fingerprint density at radius 3 is 2.92 bits per heavy atom. The third kappa shape index (κ3) is 5.09. The molecule has 0 aromatic carbocycles. The summed E-state index contributed by atoms with van der Waals surface area (Å²) < 4.78 is 11.4. The first-order valence-electron chi connectivity index (χ1n) is 8.83. The second kappa shape index (κ2) is 7.83. The van der Waals surface area contributed by atoms with Gasteiger partial charge in [0.2, 0.25) is 5.88 Å². The Kier molecular flexibility index (Phi) is 5.56. The zero-order valence-corrected chi connectivity index (χ0v) is 14.7. The molecule has 6 nitrogen and oxygen atoms in total. The molecule has 2 fully saturated rings. The summed E-state index contributed by atoms with van der Waals surface area (Å²) in [7, 11) is 1.78. The van der Waals surface area contributed by atoms with Gasteiger partial charge >= 0.3 is 0 Å². The quantitative estimate of drug-likeness (QED) is 0.591. The number of pyridine rings is 1. The lowest BCUT2D eigenvalue weighted by Crippen LogP contribution is -2.45. The maximum Gasteiger partial charge on any atom is 0.213 e. The molecule has 1 aliphatic carbocycles. The lowest BCUT2D eigenvalue weighted by atomic mass is 10.0. The van der Waals surface area contributed by atoms with Crippen molar-refractivity contribution in [2.24, 2.45) is 10.9 Å². The first-order chi connectivity index (χ1) is 11.7. The number of aliphatic imine (C=N–C) groups is 1. The number of hydrogen-bond acceptors (Lipinski definition) is 4. The second-order valence-electron chi connectivity index (χ2n) is 6.94. The van der Waals surface area contributed by atoms with Gasteiger partial charge in [-0.3, -0.25) is 4.99 Å². The maximum absolute atomic E-state index is 5.79. The SMILES string of the molecule is CN=C(NCc1ccc(OCC2CC2)nc1)NCC1(C)CCCO1. The van der Waals surface area contributed by atoms with E-state index in [-0.39, 0.29) is 5.60 Å². The van der Waals surface area contributed by atoms with E-state index in [1.807, 2.05) is 18.3 Å². The minimum absolute atomic E-state index is 0.0836. The lowest BCUT2D eigenvalue weighted by Gasteiger charge is -2.24. The standard InChI is InChI=1S/C18H28N4O2/c1-18(8-3-9-24-18)13-22-17(19-2)21-11-15-6-7-16(20-10-15)23-12-14-4-5-14/h6-7,10,14H,3-5,8-9,11-13H2,1-2H3,(H2,19,21,22). The maximum atomic E-state index is 5.79. The van der Waals surface area contributed by atoms with Crippen LogP contribution in [0, 0.1) is 5.92 Å². The van der Waals surface area contributed by atoms with Gasteiger partial charge in [0.25, 0.3) is 0 Å². The third-order valence-electron chi connectivity index (χ3n) is 4.58. The van der Waals surface area contributed by atoms with Gasteiger partial charge in [-0.05, 0) is 44.1 Å². The number of rotatable bonds is 7. The van der Waals surface area contributed by atoms with Crippen molar-refractivity contribution in [1.29, 1.82) is 0 Å². The third-order valence-corrected chi connectivity index (χ3v) is 4.58. The molecule has 1 saturated carbocycles. The van der Waals surface area contributed by atoms with Gasteiger partial charge in [0, 0.05) is 39.0 Å². The van der Waals surface area contributed by atoms with Crippen LogP contribution in [-0.4, -0.2) is 43.4 Å². The van der Waals surface area contributed by atoms with Crippen LogP contribution in [0.15, 0.2) is 23.3 Å². The first kappa shape index (κ1) is 17.0. The average Bonchev–Trinajstić information content (AvgIpc) is 3.34. The number of ether oxygens (including phenoxy) is 2. The fourth-order valence-electron chi connectivity index (χ4n) is 2.74. The summed E-state index contributed by atoms with van der Waals surface area (Å²) in [5.74, 6) is 2.23.